The average Bonchev–Trinajstić information content (AvgIpc) is 2.74. The minimum absolute atomic E-state index is 0.0104. The molecule has 2 unspecified atom stereocenters. The van der Waals surface area contributed by atoms with Crippen LogP contribution in [0.25, 0.3) is 0 Å². The van der Waals surface area contributed by atoms with Crippen molar-refractivity contribution in [3.8, 4) is 0 Å². The molecular weight excluding hydrogens is 443 g/mol. The quantitative estimate of drug-likeness (QED) is 0.475. The summed E-state index contributed by atoms with van der Waals surface area (Å²) in [6.07, 6.45) is 11.1. The van der Waals surface area contributed by atoms with Crippen molar-refractivity contribution in [2.45, 2.75) is 30.1 Å². The van der Waals surface area contributed by atoms with E-state index in [0.29, 0.717) is 11.4 Å². The topological polar surface area (TPSA) is 89.2 Å². The van der Waals surface area contributed by atoms with Gasteiger partial charge in [-0.1, -0.05) is 11.6 Å². The Balaban J connectivity index is 1.54. The third-order valence-corrected chi connectivity index (χ3v) is 6.02. The number of aliphatic hydroxyl groups excluding tert-OH is 1. The predicted octanol–water partition coefficient (Wildman–Crippen LogP) is 3.34. The molecular formula is C21H24ClFN4O3S. The summed E-state index contributed by atoms with van der Waals surface area (Å²) in [4.78, 5) is 7.77. The van der Waals surface area contributed by atoms with Gasteiger partial charge in [-0.15, -0.1) is 0 Å². The highest BCUT2D eigenvalue weighted by molar-refractivity contribution is 7.84. The van der Waals surface area contributed by atoms with Crippen molar-refractivity contribution in [3.63, 3.8) is 0 Å². The standard InChI is InChI=1S/C21H24ClFN4O3S/c1-31(29)20-3-2-16(10-19(20)23)27-9-6-18(11-21(27)28)30-17-4-7-26(8-5-17)14-25-13-15(22)12-24/h2-3,6,9-14,17,21,24,28H,4-5,7-8H2,1H3/b15-13+,24-12?,25-14?. The van der Waals surface area contributed by atoms with Gasteiger partial charge in [-0.05, 0) is 24.3 Å². The molecule has 1 fully saturated rings. The molecule has 0 bridgehead atoms. The highest BCUT2D eigenvalue weighted by Crippen LogP contribution is 2.26. The number of aliphatic imine (C=N–C) groups is 1. The lowest BCUT2D eigenvalue weighted by Crippen LogP contribution is -2.36. The molecule has 2 heterocycles. The van der Waals surface area contributed by atoms with E-state index in [9.17, 15) is 13.7 Å². The molecule has 2 N–H and O–H groups in total. The van der Waals surface area contributed by atoms with Gasteiger partial charge in [0.15, 0.2) is 6.23 Å². The Hall–Kier alpha value is -2.49. The van der Waals surface area contributed by atoms with Crippen LogP contribution in [0.3, 0.4) is 0 Å². The normalized spacial score (nSPS) is 21.4. The average molecular weight is 467 g/mol. The third-order valence-electron chi connectivity index (χ3n) is 4.87. The van der Waals surface area contributed by atoms with Gasteiger partial charge in [0.05, 0.1) is 27.1 Å². The zero-order valence-corrected chi connectivity index (χ0v) is 18.5. The molecule has 2 aliphatic rings. The molecule has 2 aliphatic heterocycles. The number of allylic oxidation sites excluding steroid dienone is 2. The highest BCUT2D eigenvalue weighted by Gasteiger charge is 2.23. The fraction of sp³-hybridized carbons (Fsp3) is 0.333. The van der Waals surface area contributed by atoms with Gasteiger partial charge in [-0.25, -0.2) is 9.38 Å². The number of ether oxygens (including phenoxy) is 1. The van der Waals surface area contributed by atoms with Crippen LogP contribution in [-0.4, -0.2) is 58.4 Å². The van der Waals surface area contributed by atoms with E-state index in [1.54, 1.807) is 30.8 Å². The first kappa shape index (κ1) is 23.2. The molecule has 10 heteroatoms. The Morgan fingerprint density at radius 1 is 1.42 bits per heavy atom. The van der Waals surface area contributed by atoms with Gasteiger partial charge in [-0.2, -0.15) is 0 Å². The summed E-state index contributed by atoms with van der Waals surface area (Å²) in [5, 5.41) is 17.7. The van der Waals surface area contributed by atoms with Crippen LogP contribution in [0.5, 0.6) is 0 Å². The largest absolute Gasteiger partial charge is 0.490 e. The third kappa shape index (κ3) is 6.25. The first-order chi connectivity index (χ1) is 14.9. The van der Waals surface area contributed by atoms with Gasteiger partial charge in [-0.3, -0.25) is 4.21 Å². The molecule has 1 aromatic carbocycles. The van der Waals surface area contributed by atoms with Crippen LogP contribution >= 0.6 is 11.6 Å². The second kappa shape index (κ2) is 10.7. The zero-order chi connectivity index (χ0) is 22.4. The lowest BCUT2D eigenvalue weighted by atomic mass is 10.1. The number of nitrogens with zero attached hydrogens (tertiary/aromatic N) is 3. The van der Waals surface area contributed by atoms with E-state index in [4.69, 9.17) is 21.7 Å². The first-order valence-electron chi connectivity index (χ1n) is 9.67. The predicted molar refractivity (Wildman–Crippen MR) is 121 cm³/mol. The van der Waals surface area contributed by atoms with Crippen molar-refractivity contribution < 1.29 is 18.4 Å². The molecule has 0 aliphatic carbocycles. The van der Waals surface area contributed by atoms with Crippen LogP contribution < -0.4 is 4.90 Å². The summed E-state index contributed by atoms with van der Waals surface area (Å²) >= 11 is 5.70. The molecule has 0 amide bonds. The minimum atomic E-state index is -1.42. The van der Waals surface area contributed by atoms with E-state index in [0.717, 1.165) is 32.1 Å². The number of halogens is 2. The smallest absolute Gasteiger partial charge is 0.153 e. The Kier molecular flexibility index (Phi) is 8.00. The molecule has 166 valence electrons. The molecule has 31 heavy (non-hydrogen) atoms. The molecule has 0 saturated carbocycles. The molecule has 7 nitrogen and oxygen atoms in total. The number of nitrogens with one attached hydrogen (secondary N) is 1. The van der Waals surface area contributed by atoms with E-state index in [1.165, 1.54) is 29.5 Å². The number of hydrogen-bond donors (Lipinski definition) is 2. The first-order valence-corrected chi connectivity index (χ1v) is 11.6. The number of piperidine rings is 1. The van der Waals surface area contributed by atoms with Crippen molar-refractivity contribution in [1.82, 2.24) is 4.90 Å². The van der Waals surface area contributed by atoms with Gasteiger partial charge in [0.2, 0.25) is 0 Å². The van der Waals surface area contributed by atoms with Gasteiger partial charge in [0.1, 0.15) is 17.7 Å². The monoisotopic (exact) mass is 466 g/mol. The number of anilines is 1. The van der Waals surface area contributed by atoms with E-state index < -0.39 is 22.8 Å². The fourth-order valence-electron chi connectivity index (χ4n) is 3.26. The number of rotatable bonds is 7. The molecule has 0 aromatic heterocycles. The summed E-state index contributed by atoms with van der Waals surface area (Å²) in [6.45, 7) is 1.53. The maximum atomic E-state index is 14.1. The van der Waals surface area contributed by atoms with E-state index in [-0.39, 0.29) is 16.0 Å². The van der Waals surface area contributed by atoms with Crippen LogP contribution in [0, 0.1) is 11.2 Å². The summed E-state index contributed by atoms with van der Waals surface area (Å²) in [6, 6.07) is 4.34. The van der Waals surface area contributed by atoms with Crippen LogP contribution in [0.4, 0.5) is 10.1 Å². The van der Waals surface area contributed by atoms with E-state index in [2.05, 4.69) is 4.99 Å². The minimum Gasteiger partial charge on any atom is -0.490 e. The van der Waals surface area contributed by atoms with Crippen LogP contribution in [0.15, 0.2) is 63.4 Å². The number of likely N-dealkylation sites (tertiary alicyclic amines) is 1. The van der Waals surface area contributed by atoms with Crippen LogP contribution in [-0.2, 0) is 15.5 Å². The van der Waals surface area contributed by atoms with Crippen molar-refractivity contribution in [2.24, 2.45) is 4.99 Å². The molecule has 1 aromatic rings. The Morgan fingerprint density at radius 3 is 2.77 bits per heavy atom. The summed E-state index contributed by atoms with van der Waals surface area (Å²) in [5.41, 5.74) is 0.454. The fourth-order valence-corrected chi connectivity index (χ4v) is 3.91. The van der Waals surface area contributed by atoms with Crippen molar-refractivity contribution in [2.75, 3.05) is 24.2 Å². The maximum Gasteiger partial charge on any atom is 0.153 e. The van der Waals surface area contributed by atoms with Crippen LogP contribution in [0.2, 0.25) is 0 Å². The van der Waals surface area contributed by atoms with Crippen molar-refractivity contribution >= 4 is 40.6 Å². The lowest BCUT2D eigenvalue weighted by Gasteiger charge is -2.33. The van der Waals surface area contributed by atoms with Crippen molar-refractivity contribution in [1.29, 1.82) is 5.41 Å². The SMILES string of the molecule is CS(=O)c1ccc(N2C=CC(OC3CCN(C=N/C=C(/Cl)C=N)CC3)=CC2O)cc1F. The van der Waals surface area contributed by atoms with Crippen LogP contribution in [0.1, 0.15) is 12.8 Å². The van der Waals surface area contributed by atoms with Gasteiger partial charge >= 0.3 is 0 Å². The molecule has 3 rings (SSSR count). The summed E-state index contributed by atoms with van der Waals surface area (Å²) in [5.74, 6) is -0.0147. The Morgan fingerprint density at radius 2 is 2.16 bits per heavy atom. The maximum absolute atomic E-state index is 14.1. The number of hydrogen-bond acceptors (Lipinski definition) is 6. The second-order valence-corrected chi connectivity index (χ2v) is 8.84. The van der Waals surface area contributed by atoms with Gasteiger partial charge < -0.3 is 25.1 Å². The van der Waals surface area contributed by atoms with E-state index in [1.807, 2.05) is 4.90 Å². The number of aliphatic hydroxyl groups is 1. The van der Waals surface area contributed by atoms with E-state index >= 15 is 0 Å². The summed E-state index contributed by atoms with van der Waals surface area (Å²) < 4.78 is 31.7. The Labute approximate surface area is 188 Å². The molecule has 1 saturated heterocycles. The second-order valence-electron chi connectivity index (χ2n) is 7.05. The highest BCUT2D eigenvalue weighted by atomic mass is 35.5. The molecule has 0 radical (unpaired) electrons. The van der Waals surface area contributed by atoms with Gasteiger partial charge in [0.25, 0.3) is 0 Å². The van der Waals surface area contributed by atoms with Crippen molar-refractivity contribution in [3.05, 3.63) is 59.4 Å². The molecule has 0 spiro atoms. The van der Waals surface area contributed by atoms with Gasteiger partial charge in [0, 0.05) is 62.6 Å². The molecule has 2 atom stereocenters. The zero-order valence-electron chi connectivity index (χ0n) is 16.9. The Bertz CT molecular complexity index is 958. The summed E-state index contributed by atoms with van der Waals surface area (Å²) in [7, 11) is -1.42. The lowest BCUT2D eigenvalue weighted by molar-refractivity contribution is 0.0720. The number of benzene rings is 1.